The van der Waals surface area contributed by atoms with Crippen molar-refractivity contribution >= 4 is 12.8 Å². The zero-order chi connectivity index (χ0) is 11.4. The summed E-state index contributed by atoms with van der Waals surface area (Å²) >= 11 is 4.42. The molecule has 0 aromatic heterocycles. The minimum Gasteiger partial charge on any atom is -0.363 e. The van der Waals surface area contributed by atoms with Gasteiger partial charge in [-0.1, -0.05) is 12.8 Å². The fourth-order valence-electron chi connectivity index (χ4n) is 3.71. The molecule has 0 radical (unpaired) electrons. The highest BCUT2D eigenvalue weighted by Crippen LogP contribution is 2.54. The van der Waals surface area contributed by atoms with Crippen LogP contribution in [-0.2, 0) is 4.74 Å². The Balaban J connectivity index is 1.77. The molecular weight excluding hydrogens is 232 g/mol. The van der Waals surface area contributed by atoms with E-state index in [0.717, 1.165) is 12.8 Å². The Morgan fingerprint density at radius 3 is 2.62 bits per heavy atom. The second-order valence-electron chi connectivity index (χ2n) is 5.63. The molecule has 0 aromatic carbocycles. The molecule has 0 amide bonds. The Morgan fingerprint density at radius 1 is 1.19 bits per heavy atom. The van der Waals surface area contributed by atoms with Crippen LogP contribution in [0.3, 0.4) is 0 Å². The molecule has 0 N–H and O–H groups in total. The van der Waals surface area contributed by atoms with Crippen molar-refractivity contribution < 1.29 is 13.5 Å². The molecule has 1 saturated heterocycles. The lowest BCUT2D eigenvalue weighted by Gasteiger charge is -2.31. The van der Waals surface area contributed by atoms with Crippen LogP contribution in [0.15, 0.2) is 0 Å². The summed E-state index contributed by atoms with van der Waals surface area (Å²) in [5, 5.41) is 0. The van der Waals surface area contributed by atoms with Crippen molar-refractivity contribution in [3.63, 3.8) is 0 Å². The normalized spacial score (nSPS) is 47.4. The van der Waals surface area contributed by atoms with Crippen molar-refractivity contribution in [2.75, 3.05) is 13.3 Å². The average Bonchev–Trinajstić information content (AvgIpc) is 2.70. The van der Waals surface area contributed by atoms with Crippen molar-refractivity contribution in [3.8, 4) is 0 Å². The number of rotatable bonds is 0. The SMILES string of the molecule is FC1(F)CCC2CC3(COCN3S)CC2C1. The van der Waals surface area contributed by atoms with Gasteiger partial charge in [0.1, 0.15) is 6.73 Å². The molecule has 2 saturated carbocycles. The van der Waals surface area contributed by atoms with Gasteiger partial charge in [-0.2, -0.15) is 0 Å². The number of thiol groups is 1. The number of alkyl halides is 2. The average molecular weight is 249 g/mol. The topological polar surface area (TPSA) is 12.5 Å². The first-order chi connectivity index (χ1) is 7.51. The largest absolute Gasteiger partial charge is 0.363 e. The zero-order valence-corrected chi connectivity index (χ0v) is 10.1. The van der Waals surface area contributed by atoms with E-state index in [1.807, 2.05) is 4.31 Å². The molecule has 3 aliphatic rings. The summed E-state index contributed by atoms with van der Waals surface area (Å²) in [4.78, 5) is 0. The Kier molecular flexibility index (Phi) is 2.50. The molecule has 92 valence electrons. The second kappa shape index (κ2) is 3.56. The van der Waals surface area contributed by atoms with Crippen LogP contribution in [0.1, 0.15) is 32.1 Å². The molecule has 3 unspecified atom stereocenters. The molecule has 1 spiro atoms. The van der Waals surface area contributed by atoms with Gasteiger partial charge in [-0.25, -0.2) is 13.1 Å². The predicted molar refractivity (Wildman–Crippen MR) is 59.4 cm³/mol. The van der Waals surface area contributed by atoms with Crippen molar-refractivity contribution in [2.24, 2.45) is 11.8 Å². The van der Waals surface area contributed by atoms with Crippen molar-refractivity contribution in [1.29, 1.82) is 0 Å². The molecule has 0 bridgehead atoms. The summed E-state index contributed by atoms with van der Waals surface area (Å²) in [5.41, 5.74) is -0.0567. The zero-order valence-electron chi connectivity index (χ0n) is 9.16. The number of nitrogens with zero attached hydrogens (tertiary/aromatic N) is 1. The van der Waals surface area contributed by atoms with Gasteiger partial charge in [0, 0.05) is 12.8 Å². The van der Waals surface area contributed by atoms with Crippen LogP contribution >= 0.6 is 12.8 Å². The molecule has 1 aliphatic heterocycles. The summed E-state index contributed by atoms with van der Waals surface area (Å²) in [6, 6.07) is 0. The molecule has 1 heterocycles. The van der Waals surface area contributed by atoms with Gasteiger partial charge < -0.3 is 4.74 Å². The van der Waals surface area contributed by atoms with Gasteiger partial charge in [-0.15, -0.1) is 0 Å². The van der Waals surface area contributed by atoms with Crippen LogP contribution in [0.2, 0.25) is 0 Å². The molecule has 2 nitrogen and oxygen atoms in total. The maximum atomic E-state index is 13.4. The fraction of sp³-hybridized carbons (Fsp3) is 1.00. The molecule has 3 fully saturated rings. The third-order valence-corrected chi connectivity index (χ3v) is 5.06. The molecule has 5 heteroatoms. The van der Waals surface area contributed by atoms with E-state index in [2.05, 4.69) is 12.8 Å². The minimum absolute atomic E-state index is 0.0567. The Morgan fingerprint density at radius 2 is 1.94 bits per heavy atom. The quantitative estimate of drug-likeness (QED) is 0.663. The van der Waals surface area contributed by atoms with Crippen LogP contribution in [0.5, 0.6) is 0 Å². The first kappa shape index (κ1) is 11.2. The number of fused-ring (bicyclic) bond motifs is 1. The van der Waals surface area contributed by atoms with E-state index in [4.69, 9.17) is 4.74 Å². The van der Waals surface area contributed by atoms with Crippen LogP contribution in [-0.4, -0.2) is 29.1 Å². The van der Waals surface area contributed by atoms with Crippen molar-refractivity contribution in [1.82, 2.24) is 4.31 Å². The van der Waals surface area contributed by atoms with Gasteiger partial charge >= 0.3 is 0 Å². The summed E-state index contributed by atoms with van der Waals surface area (Å²) < 4.78 is 34.0. The highest BCUT2D eigenvalue weighted by Gasteiger charge is 2.55. The smallest absolute Gasteiger partial charge is 0.248 e. The van der Waals surface area contributed by atoms with Gasteiger partial charge in [0.05, 0.1) is 12.1 Å². The van der Waals surface area contributed by atoms with E-state index >= 15 is 0 Å². The number of halogens is 2. The minimum atomic E-state index is -2.44. The second-order valence-corrected chi connectivity index (χ2v) is 6.11. The van der Waals surface area contributed by atoms with E-state index in [1.54, 1.807) is 0 Å². The van der Waals surface area contributed by atoms with Gasteiger partial charge in [-0.05, 0) is 31.1 Å². The third kappa shape index (κ3) is 1.68. The predicted octanol–water partition coefficient (Wildman–Crippen LogP) is 2.71. The van der Waals surface area contributed by atoms with Gasteiger partial charge in [0.2, 0.25) is 5.92 Å². The van der Waals surface area contributed by atoms with E-state index in [0.29, 0.717) is 25.7 Å². The molecule has 3 rings (SSSR count). The van der Waals surface area contributed by atoms with Crippen LogP contribution in [0, 0.1) is 11.8 Å². The van der Waals surface area contributed by atoms with Gasteiger partial charge in [-0.3, -0.25) is 0 Å². The van der Waals surface area contributed by atoms with Crippen LogP contribution in [0.25, 0.3) is 0 Å². The molecule has 16 heavy (non-hydrogen) atoms. The molecule has 2 aliphatic carbocycles. The van der Waals surface area contributed by atoms with Crippen molar-refractivity contribution in [2.45, 2.75) is 43.6 Å². The standard InChI is InChI=1S/C11H17F2NOS/c12-11(13)2-1-8-3-10(4-9(8)5-11)6-15-7-14(10)16/h8-9,16H,1-7H2. The van der Waals surface area contributed by atoms with Gasteiger partial charge in [0.25, 0.3) is 0 Å². The number of hydrogen-bond acceptors (Lipinski definition) is 3. The molecular formula is C11H17F2NOS. The Labute approximate surface area is 99.9 Å². The highest BCUT2D eigenvalue weighted by molar-refractivity contribution is 7.77. The van der Waals surface area contributed by atoms with Gasteiger partial charge in [0.15, 0.2) is 0 Å². The maximum absolute atomic E-state index is 13.4. The number of ether oxygens (including phenoxy) is 1. The fourth-order valence-corrected chi connectivity index (χ4v) is 4.02. The van der Waals surface area contributed by atoms with E-state index in [9.17, 15) is 8.78 Å². The highest BCUT2D eigenvalue weighted by atomic mass is 32.1. The van der Waals surface area contributed by atoms with Crippen LogP contribution in [0.4, 0.5) is 8.78 Å². The van der Waals surface area contributed by atoms with E-state index in [-0.39, 0.29) is 24.3 Å². The third-order valence-electron chi connectivity index (χ3n) is 4.52. The molecule has 0 aromatic rings. The Bertz CT molecular complexity index is 302. The lowest BCUT2D eigenvalue weighted by Crippen LogP contribution is -2.38. The number of hydrogen-bond donors (Lipinski definition) is 1. The van der Waals surface area contributed by atoms with E-state index in [1.165, 1.54) is 0 Å². The monoisotopic (exact) mass is 249 g/mol. The molecule has 3 atom stereocenters. The van der Waals surface area contributed by atoms with Crippen LogP contribution < -0.4 is 0 Å². The van der Waals surface area contributed by atoms with Crippen molar-refractivity contribution in [3.05, 3.63) is 0 Å². The first-order valence-corrected chi connectivity index (χ1v) is 6.33. The summed E-state index contributed by atoms with van der Waals surface area (Å²) in [6.45, 7) is 1.19. The summed E-state index contributed by atoms with van der Waals surface area (Å²) in [6.07, 6.45) is 2.62. The first-order valence-electron chi connectivity index (χ1n) is 5.93. The lowest BCUT2D eigenvalue weighted by atomic mass is 9.80. The Hall–Kier alpha value is 0.130. The maximum Gasteiger partial charge on any atom is 0.248 e. The summed E-state index contributed by atoms with van der Waals surface area (Å²) in [7, 11) is 0. The summed E-state index contributed by atoms with van der Waals surface area (Å²) in [5.74, 6) is -1.82. The lowest BCUT2D eigenvalue weighted by molar-refractivity contribution is -0.0635. The van der Waals surface area contributed by atoms with E-state index < -0.39 is 5.92 Å².